The molecule has 16 heavy (non-hydrogen) atoms. The minimum Gasteiger partial charge on any atom is -0.302 e. The Kier molecular flexibility index (Phi) is 10.8. The fourth-order valence-corrected chi connectivity index (χ4v) is 1.50. The number of hydrogen-bond donors (Lipinski definition) is 0. The molecular formula is C13H21N3. The van der Waals surface area contributed by atoms with Crippen LogP contribution in [0.25, 0.3) is 0 Å². The van der Waals surface area contributed by atoms with Crippen molar-refractivity contribution >= 4 is 0 Å². The molecule has 3 heteroatoms. The van der Waals surface area contributed by atoms with Crippen molar-refractivity contribution in [3.05, 3.63) is 12.2 Å². The Balaban J connectivity index is 3.63. The molecule has 0 spiro atoms. The molecule has 0 saturated heterocycles. The second-order valence-corrected chi connectivity index (χ2v) is 3.71. The van der Waals surface area contributed by atoms with Crippen molar-refractivity contribution in [1.82, 2.24) is 4.90 Å². The monoisotopic (exact) mass is 219 g/mol. The number of nitrogens with zero attached hydrogens (tertiary/aromatic N) is 3. The Morgan fingerprint density at radius 1 is 0.938 bits per heavy atom. The van der Waals surface area contributed by atoms with Crippen LogP contribution in [0.15, 0.2) is 12.2 Å². The summed E-state index contributed by atoms with van der Waals surface area (Å²) in [5.74, 6) is 0. The first-order chi connectivity index (χ1) is 7.85. The first kappa shape index (κ1) is 14.7. The number of nitriles is 2. The van der Waals surface area contributed by atoms with Crippen LogP contribution >= 0.6 is 0 Å². The number of unbranched alkanes of at least 4 members (excludes halogenated alkanes) is 1. The summed E-state index contributed by atoms with van der Waals surface area (Å²) >= 11 is 0. The Hall–Kier alpha value is -1.32. The van der Waals surface area contributed by atoms with Gasteiger partial charge in [0.05, 0.1) is 12.1 Å². The molecule has 0 amide bonds. The Morgan fingerprint density at radius 2 is 1.62 bits per heavy atom. The molecule has 0 rings (SSSR count). The van der Waals surface area contributed by atoms with Crippen molar-refractivity contribution in [1.29, 1.82) is 10.5 Å². The third-order valence-electron chi connectivity index (χ3n) is 2.28. The van der Waals surface area contributed by atoms with Crippen molar-refractivity contribution < 1.29 is 0 Å². The summed E-state index contributed by atoms with van der Waals surface area (Å²) in [5.41, 5.74) is 0. The van der Waals surface area contributed by atoms with Gasteiger partial charge in [-0.2, -0.15) is 10.5 Å². The average molecular weight is 219 g/mol. The summed E-state index contributed by atoms with van der Waals surface area (Å²) < 4.78 is 0. The van der Waals surface area contributed by atoms with Crippen molar-refractivity contribution in [2.24, 2.45) is 0 Å². The molecule has 88 valence electrons. The average Bonchev–Trinajstić information content (AvgIpc) is 2.30. The van der Waals surface area contributed by atoms with Crippen LogP contribution in [0.2, 0.25) is 0 Å². The van der Waals surface area contributed by atoms with E-state index in [0.29, 0.717) is 12.8 Å². The summed E-state index contributed by atoms with van der Waals surface area (Å²) in [5, 5.41) is 16.9. The Bertz CT molecular complexity index is 257. The van der Waals surface area contributed by atoms with E-state index in [0.717, 1.165) is 38.9 Å². The summed E-state index contributed by atoms with van der Waals surface area (Å²) in [7, 11) is 0. The van der Waals surface area contributed by atoms with E-state index in [4.69, 9.17) is 10.5 Å². The van der Waals surface area contributed by atoms with Gasteiger partial charge >= 0.3 is 0 Å². The maximum absolute atomic E-state index is 8.53. The minimum atomic E-state index is 0.601. The van der Waals surface area contributed by atoms with Gasteiger partial charge in [-0.1, -0.05) is 19.1 Å². The lowest BCUT2D eigenvalue weighted by molar-refractivity contribution is 0.286. The highest BCUT2D eigenvalue weighted by molar-refractivity contribution is 4.86. The zero-order valence-electron chi connectivity index (χ0n) is 10.2. The van der Waals surface area contributed by atoms with Crippen LogP contribution in [-0.2, 0) is 0 Å². The standard InChI is InChI=1S/C13H21N3/c1-2-11-16(13-8-10-15)12-7-5-3-4-6-9-14/h3,5H,2,4,6-8,11-13H2,1H3/b5-3+. The normalized spacial score (nSPS) is 10.5. The zero-order valence-corrected chi connectivity index (χ0v) is 10.2. The molecule has 0 aromatic heterocycles. The van der Waals surface area contributed by atoms with E-state index in [9.17, 15) is 0 Å². The highest BCUT2D eigenvalue weighted by atomic mass is 15.1. The largest absolute Gasteiger partial charge is 0.302 e. The van der Waals surface area contributed by atoms with E-state index >= 15 is 0 Å². The van der Waals surface area contributed by atoms with Gasteiger partial charge in [-0.15, -0.1) is 0 Å². The summed E-state index contributed by atoms with van der Waals surface area (Å²) in [4.78, 5) is 2.32. The molecular weight excluding hydrogens is 198 g/mol. The number of hydrogen-bond acceptors (Lipinski definition) is 3. The van der Waals surface area contributed by atoms with Gasteiger partial charge in [0.25, 0.3) is 0 Å². The van der Waals surface area contributed by atoms with E-state index in [2.05, 4.69) is 36.1 Å². The zero-order chi connectivity index (χ0) is 12.1. The van der Waals surface area contributed by atoms with Crippen LogP contribution in [0.3, 0.4) is 0 Å². The molecule has 0 atom stereocenters. The van der Waals surface area contributed by atoms with Crippen molar-refractivity contribution in [3.8, 4) is 12.1 Å². The predicted octanol–water partition coefficient (Wildman–Crippen LogP) is 2.86. The molecule has 0 aromatic rings. The smallest absolute Gasteiger partial charge is 0.0635 e. The van der Waals surface area contributed by atoms with Gasteiger partial charge in [0.1, 0.15) is 0 Å². The molecule has 3 nitrogen and oxygen atoms in total. The van der Waals surface area contributed by atoms with Gasteiger partial charge in [0.2, 0.25) is 0 Å². The highest BCUT2D eigenvalue weighted by Gasteiger charge is 2.00. The molecule has 0 aromatic carbocycles. The van der Waals surface area contributed by atoms with E-state index in [1.165, 1.54) is 0 Å². The maximum atomic E-state index is 8.53. The van der Waals surface area contributed by atoms with Crippen LogP contribution in [0.5, 0.6) is 0 Å². The van der Waals surface area contributed by atoms with Crippen molar-refractivity contribution in [3.63, 3.8) is 0 Å². The molecule has 0 aliphatic carbocycles. The van der Waals surface area contributed by atoms with Crippen LogP contribution in [0.1, 0.15) is 39.0 Å². The third kappa shape index (κ3) is 9.24. The quantitative estimate of drug-likeness (QED) is 0.442. The first-order valence-corrected chi connectivity index (χ1v) is 5.96. The summed E-state index contributed by atoms with van der Waals surface area (Å²) in [6.45, 7) is 5.10. The molecule has 0 bridgehead atoms. The van der Waals surface area contributed by atoms with Gasteiger partial charge in [0.15, 0.2) is 0 Å². The predicted molar refractivity (Wildman–Crippen MR) is 65.6 cm³/mol. The molecule has 0 radical (unpaired) electrons. The van der Waals surface area contributed by atoms with Crippen LogP contribution in [0.4, 0.5) is 0 Å². The van der Waals surface area contributed by atoms with Crippen LogP contribution in [-0.4, -0.2) is 24.5 Å². The van der Waals surface area contributed by atoms with Crippen LogP contribution in [0, 0.1) is 22.7 Å². The van der Waals surface area contributed by atoms with Crippen LogP contribution < -0.4 is 0 Å². The maximum Gasteiger partial charge on any atom is 0.0635 e. The number of rotatable bonds is 9. The summed E-state index contributed by atoms with van der Waals surface area (Å²) in [6, 6.07) is 4.30. The molecule has 0 unspecified atom stereocenters. The number of allylic oxidation sites excluding steroid dienone is 1. The lowest BCUT2D eigenvalue weighted by atomic mass is 10.2. The second-order valence-electron chi connectivity index (χ2n) is 3.71. The molecule has 0 aliphatic heterocycles. The molecule has 0 aliphatic rings. The van der Waals surface area contributed by atoms with Gasteiger partial charge in [-0.05, 0) is 25.8 Å². The highest BCUT2D eigenvalue weighted by Crippen LogP contribution is 1.98. The Morgan fingerprint density at radius 3 is 2.25 bits per heavy atom. The van der Waals surface area contributed by atoms with Gasteiger partial charge in [-0.3, -0.25) is 0 Å². The lowest BCUT2D eigenvalue weighted by Gasteiger charge is -2.19. The van der Waals surface area contributed by atoms with E-state index in [1.807, 2.05) is 0 Å². The summed E-state index contributed by atoms with van der Waals surface area (Å²) in [6.07, 6.45) is 8.40. The van der Waals surface area contributed by atoms with E-state index in [-0.39, 0.29) is 0 Å². The first-order valence-electron chi connectivity index (χ1n) is 5.96. The minimum absolute atomic E-state index is 0.601. The lowest BCUT2D eigenvalue weighted by Crippen LogP contribution is -2.26. The SMILES string of the molecule is CCCN(CCC#N)CC/C=C/CCC#N. The van der Waals surface area contributed by atoms with Gasteiger partial charge < -0.3 is 4.90 Å². The van der Waals surface area contributed by atoms with E-state index in [1.54, 1.807) is 0 Å². The molecule has 0 saturated carbocycles. The third-order valence-corrected chi connectivity index (χ3v) is 2.28. The molecule has 0 heterocycles. The fourth-order valence-electron chi connectivity index (χ4n) is 1.50. The molecule has 0 N–H and O–H groups in total. The fraction of sp³-hybridized carbons (Fsp3) is 0.692. The van der Waals surface area contributed by atoms with Crippen molar-refractivity contribution in [2.45, 2.75) is 39.0 Å². The van der Waals surface area contributed by atoms with Gasteiger partial charge in [0, 0.05) is 25.9 Å². The topological polar surface area (TPSA) is 50.8 Å². The molecule has 0 fully saturated rings. The van der Waals surface area contributed by atoms with E-state index < -0.39 is 0 Å². The Labute approximate surface area is 99.0 Å². The van der Waals surface area contributed by atoms with Gasteiger partial charge in [-0.25, -0.2) is 0 Å². The second kappa shape index (κ2) is 11.8. The van der Waals surface area contributed by atoms with Crippen molar-refractivity contribution in [2.75, 3.05) is 19.6 Å².